The molecular formula is C11H19N3O2. The van der Waals surface area contributed by atoms with E-state index in [9.17, 15) is 5.11 Å². The third-order valence-electron chi connectivity index (χ3n) is 2.43. The molecule has 0 fully saturated rings. The van der Waals surface area contributed by atoms with E-state index < -0.39 is 0 Å². The van der Waals surface area contributed by atoms with E-state index in [1.54, 1.807) is 18.2 Å². The fraction of sp³-hybridized carbons (Fsp3) is 0.455. The maximum atomic E-state index is 9.29. The minimum atomic E-state index is -0.289. The molecule has 0 aromatic heterocycles. The van der Waals surface area contributed by atoms with Crippen molar-refractivity contribution < 1.29 is 10.2 Å². The number of aliphatic hydroxyl groups is 2. The highest BCUT2D eigenvalue weighted by Gasteiger charge is 2.15. The second-order valence-electron chi connectivity index (χ2n) is 3.87. The van der Waals surface area contributed by atoms with Crippen molar-refractivity contribution in [2.45, 2.75) is 19.0 Å². The summed E-state index contributed by atoms with van der Waals surface area (Å²) in [7, 11) is 0. The minimum Gasteiger partial charge on any atom is -0.399 e. The van der Waals surface area contributed by atoms with Crippen molar-refractivity contribution in [3.05, 3.63) is 23.8 Å². The average molecular weight is 225 g/mol. The van der Waals surface area contributed by atoms with Crippen LogP contribution < -0.4 is 16.8 Å². The number of aliphatic hydroxyl groups excluding tert-OH is 2. The van der Waals surface area contributed by atoms with Crippen molar-refractivity contribution >= 4 is 11.4 Å². The van der Waals surface area contributed by atoms with E-state index in [1.165, 1.54) is 0 Å². The summed E-state index contributed by atoms with van der Waals surface area (Å²) in [6.07, 6.45) is 0. The zero-order valence-electron chi connectivity index (χ0n) is 9.35. The highest BCUT2D eigenvalue weighted by atomic mass is 16.3. The molecule has 1 rings (SSSR count). The maximum Gasteiger partial charge on any atom is 0.0627 e. The average Bonchev–Trinajstić information content (AvgIpc) is 2.26. The molecule has 0 radical (unpaired) electrons. The summed E-state index contributed by atoms with van der Waals surface area (Å²) < 4.78 is 0. The standard InChI is InChI=1S/C11H19N3O2/c1-7(5-15)14-11(6-16)9-3-2-8(12)4-10(9)13/h2-4,7,11,14-16H,5-6,12-13H2,1H3. The van der Waals surface area contributed by atoms with E-state index in [-0.39, 0.29) is 25.3 Å². The molecule has 0 spiro atoms. The number of benzene rings is 1. The van der Waals surface area contributed by atoms with E-state index in [0.717, 1.165) is 5.56 Å². The summed E-state index contributed by atoms with van der Waals surface area (Å²) >= 11 is 0. The molecule has 0 aliphatic carbocycles. The molecule has 5 nitrogen and oxygen atoms in total. The second kappa shape index (κ2) is 5.69. The Morgan fingerprint density at radius 1 is 1.25 bits per heavy atom. The van der Waals surface area contributed by atoms with Crippen LogP contribution in [-0.4, -0.2) is 29.5 Å². The second-order valence-corrected chi connectivity index (χ2v) is 3.87. The van der Waals surface area contributed by atoms with Gasteiger partial charge in [0.1, 0.15) is 0 Å². The number of nitrogens with one attached hydrogen (secondary N) is 1. The lowest BCUT2D eigenvalue weighted by Gasteiger charge is -2.22. The third-order valence-corrected chi connectivity index (χ3v) is 2.43. The number of nitrogen functional groups attached to an aromatic ring is 2. The molecule has 0 saturated heterocycles. The largest absolute Gasteiger partial charge is 0.399 e. The van der Waals surface area contributed by atoms with Gasteiger partial charge in [-0.1, -0.05) is 6.07 Å². The molecule has 5 heteroatoms. The molecule has 0 aliphatic rings. The quantitative estimate of drug-likeness (QED) is 0.448. The SMILES string of the molecule is CC(CO)NC(CO)c1ccc(N)cc1N. The van der Waals surface area contributed by atoms with E-state index in [2.05, 4.69) is 5.32 Å². The zero-order valence-corrected chi connectivity index (χ0v) is 9.35. The normalized spacial score (nSPS) is 14.7. The van der Waals surface area contributed by atoms with Crippen molar-refractivity contribution in [3.63, 3.8) is 0 Å². The molecule has 2 unspecified atom stereocenters. The fourth-order valence-corrected chi connectivity index (χ4v) is 1.55. The van der Waals surface area contributed by atoms with E-state index >= 15 is 0 Å². The first-order chi connectivity index (χ1) is 7.58. The van der Waals surface area contributed by atoms with E-state index in [1.807, 2.05) is 6.92 Å². The van der Waals surface area contributed by atoms with Crippen molar-refractivity contribution in [1.82, 2.24) is 5.32 Å². The maximum absolute atomic E-state index is 9.29. The molecule has 0 bridgehead atoms. The van der Waals surface area contributed by atoms with Crippen LogP contribution in [0, 0.1) is 0 Å². The zero-order chi connectivity index (χ0) is 12.1. The monoisotopic (exact) mass is 225 g/mol. The third kappa shape index (κ3) is 3.10. The molecule has 0 heterocycles. The molecule has 90 valence electrons. The molecular weight excluding hydrogens is 206 g/mol. The molecule has 0 saturated carbocycles. The Morgan fingerprint density at radius 2 is 1.94 bits per heavy atom. The predicted octanol–water partition coefficient (Wildman–Crippen LogP) is -0.145. The van der Waals surface area contributed by atoms with Gasteiger partial charge in [0.2, 0.25) is 0 Å². The van der Waals surface area contributed by atoms with Gasteiger partial charge in [0, 0.05) is 17.4 Å². The Labute approximate surface area is 95.1 Å². The topological polar surface area (TPSA) is 105 Å². The summed E-state index contributed by atoms with van der Waals surface area (Å²) in [5.74, 6) is 0. The van der Waals surface area contributed by atoms with Crippen LogP contribution in [0.3, 0.4) is 0 Å². The minimum absolute atomic E-state index is 0.00533. The Morgan fingerprint density at radius 3 is 2.44 bits per heavy atom. The van der Waals surface area contributed by atoms with Gasteiger partial charge < -0.3 is 27.0 Å². The fourth-order valence-electron chi connectivity index (χ4n) is 1.55. The van der Waals surface area contributed by atoms with Crippen molar-refractivity contribution in [1.29, 1.82) is 0 Å². The first kappa shape index (κ1) is 12.8. The summed E-state index contributed by atoms with van der Waals surface area (Å²) in [5, 5.41) is 21.3. The van der Waals surface area contributed by atoms with Crippen LogP contribution in [-0.2, 0) is 0 Å². The number of hydrogen-bond acceptors (Lipinski definition) is 5. The van der Waals surface area contributed by atoms with Crippen molar-refractivity contribution in [3.8, 4) is 0 Å². The van der Waals surface area contributed by atoms with Gasteiger partial charge in [0.25, 0.3) is 0 Å². The summed E-state index contributed by atoms with van der Waals surface area (Å²) in [6.45, 7) is 1.75. The number of hydrogen-bond donors (Lipinski definition) is 5. The van der Waals surface area contributed by atoms with Crippen LogP contribution in [0.4, 0.5) is 11.4 Å². The van der Waals surface area contributed by atoms with Gasteiger partial charge in [-0.2, -0.15) is 0 Å². The molecule has 16 heavy (non-hydrogen) atoms. The van der Waals surface area contributed by atoms with Gasteiger partial charge >= 0.3 is 0 Å². The number of rotatable bonds is 5. The Kier molecular flexibility index (Phi) is 4.54. The molecule has 2 atom stereocenters. The summed E-state index contributed by atoms with van der Waals surface area (Å²) in [6, 6.07) is 4.78. The van der Waals surface area contributed by atoms with Crippen LogP contribution in [0.2, 0.25) is 0 Å². The Balaban J connectivity index is 2.86. The van der Waals surface area contributed by atoms with Crippen LogP contribution >= 0.6 is 0 Å². The van der Waals surface area contributed by atoms with Gasteiger partial charge in [-0.15, -0.1) is 0 Å². The lowest BCUT2D eigenvalue weighted by Crippen LogP contribution is -2.35. The highest BCUT2D eigenvalue weighted by Crippen LogP contribution is 2.22. The van der Waals surface area contributed by atoms with Crippen molar-refractivity contribution in [2.24, 2.45) is 0 Å². The molecule has 1 aromatic rings. The van der Waals surface area contributed by atoms with Gasteiger partial charge in [-0.05, 0) is 24.6 Å². The van der Waals surface area contributed by atoms with Gasteiger partial charge in [-0.3, -0.25) is 0 Å². The smallest absolute Gasteiger partial charge is 0.0627 e. The van der Waals surface area contributed by atoms with Gasteiger partial charge in [0.15, 0.2) is 0 Å². The van der Waals surface area contributed by atoms with Crippen LogP contribution in [0.1, 0.15) is 18.5 Å². The lowest BCUT2D eigenvalue weighted by atomic mass is 10.0. The Hall–Kier alpha value is -1.30. The first-order valence-corrected chi connectivity index (χ1v) is 5.21. The highest BCUT2D eigenvalue weighted by molar-refractivity contribution is 5.57. The summed E-state index contributed by atoms with van der Waals surface area (Å²) in [4.78, 5) is 0. The molecule has 0 aliphatic heterocycles. The predicted molar refractivity (Wildman–Crippen MR) is 64.8 cm³/mol. The molecule has 7 N–H and O–H groups in total. The number of nitrogens with two attached hydrogens (primary N) is 2. The molecule has 1 aromatic carbocycles. The molecule has 0 amide bonds. The summed E-state index contributed by atoms with van der Waals surface area (Å²) in [5.41, 5.74) is 13.3. The van der Waals surface area contributed by atoms with Crippen LogP contribution in [0.5, 0.6) is 0 Å². The van der Waals surface area contributed by atoms with Gasteiger partial charge in [-0.25, -0.2) is 0 Å². The number of anilines is 2. The van der Waals surface area contributed by atoms with Crippen LogP contribution in [0.25, 0.3) is 0 Å². The van der Waals surface area contributed by atoms with Crippen LogP contribution in [0.15, 0.2) is 18.2 Å². The van der Waals surface area contributed by atoms with Crippen molar-refractivity contribution in [2.75, 3.05) is 24.7 Å². The Bertz CT molecular complexity index is 344. The van der Waals surface area contributed by atoms with E-state index in [0.29, 0.717) is 11.4 Å². The van der Waals surface area contributed by atoms with Gasteiger partial charge in [0.05, 0.1) is 19.3 Å². The van der Waals surface area contributed by atoms with E-state index in [4.69, 9.17) is 16.6 Å². The first-order valence-electron chi connectivity index (χ1n) is 5.21. The lowest BCUT2D eigenvalue weighted by molar-refractivity contribution is 0.200.